The van der Waals surface area contributed by atoms with Crippen LogP contribution >= 0.6 is 15.9 Å². The first kappa shape index (κ1) is 11.2. The number of hydrogen-bond donors (Lipinski definition) is 0. The first-order chi connectivity index (χ1) is 7.29. The topological polar surface area (TPSA) is 3.24 Å². The molecule has 0 N–H and O–H groups in total. The fraction of sp³-hybridized carbons (Fsp3) is 0.538. The van der Waals surface area contributed by atoms with Gasteiger partial charge in [0, 0.05) is 17.1 Å². The average Bonchev–Trinajstić information content (AvgIpc) is 3.00. The maximum absolute atomic E-state index is 3.53. The van der Waals surface area contributed by atoms with Crippen LogP contribution in [0.3, 0.4) is 0 Å². The molecule has 1 fully saturated rings. The van der Waals surface area contributed by atoms with E-state index < -0.39 is 0 Å². The molecular weight excluding hydrogens is 250 g/mol. The molecule has 82 valence electrons. The fourth-order valence-electron chi connectivity index (χ4n) is 1.99. The molecule has 15 heavy (non-hydrogen) atoms. The van der Waals surface area contributed by atoms with Crippen LogP contribution in [-0.4, -0.2) is 17.5 Å². The van der Waals surface area contributed by atoms with Gasteiger partial charge in [-0.25, -0.2) is 0 Å². The predicted octanol–water partition coefficient (Wildman–Crippen LogP) is 3.82. The van der Waals surface area contributed by atoms with Crippen molar-refractivity contribution in [3.05, 3.63) is 34.3 Å². The summed E-state index contributed by atoms with van der Waals surface area (Å²) in [5.41, 5.74) is 1.42. The van der Waals surface area contributed by atoms with Gasteiger partial charge in [0.1, 0.15) is 0 Å². The quantitative estimate of drug-likeness (QED) is 0.784. The Hall–Kier alpha value is -0.340. The number of halogens is 1. The van der Waals surface area contributed by atoms with Crippen LogP contribution < -0.4 is 0 Å². The highest BCUT2D eigenvalue weighted by atomic mass is 79.9. The second-order valence-corrected chi connectivity index (χ2v) is 5.25. The highest BCUT2D eigenvalue weighted by Gasteiger charge is 2.27. The highest BCUT2D eigenvalue weighted by molar-refractivity contribution is 9.10. The predicted molar refractivity (Wildman–Crippen MR) is 67.9 cm³/mol. The number of benzene rings is 1. The van der Waals surface area contributed by atoms with Gasteiger partial charge in [0.2, 0.25) is 0 Å². The molecule has 1 saturated carbocycles. The Morgan fingerprint density at radius 2 is 2.20 bits per heavy atom. The van der Waals surface area contributed by atoms with Crippen molar-refractivity contribution in [2.24, 2.45) is 0 Å². The molecule has 0 atom stereocenters. The summed E-state index contributed by atoms with van der Waals surface area (Å²) in [7, 11) is 0. The first-order valence-electron chi connectivity index (χ1n) is 5.78. The molecule has 0 aliphatic heterocycles. The summed E-state index contributed by atoms with van der Waals surface area (Å²) in [6, 6.07) is 9.52. The lowest BCUT2D eigenvalue weighted by atomic mass is 10.2. The Balaban J connectivity index is 1.98. The average molecular weight is 268 g/mol. The Kier molecular flexibility index (Phi) is 3.81. The number of hydrogen-bond acceptors (Lipinski definition) is 1. The maximum Gasteiger partial charge on any atom is 0.0237 e. The van der Waals surface area contributed by atoms with Crippen molar-refractivity contribution in [1.29, 1.82) is 0 Å². The minimum absolute atomic E-state index is 0.865. The van der Waals surface area contributed by atoms with Crippen LogP contribution in [0.25, 0.3) is 0 Å². The van der Waals surface area contributed by atoms with Gasteiger partial charge in [-0.05, 0) is 43.5 Å². The summed E-state index contributed by atoms with van der Waals surface area (Å²) in [5.74, 6) is 0. The molecule has 1 aromatic carbocycles. The maximum atomic E-state index is 3.53. The van der Waals surface area contributed by atoms with Gasteiger partial charge in [-0.3, -0.25) is 4.90 Å². The molecule has 0 aromatic heterocycles. The van der Waals surface area contributed by atoms with Crippen molar-refractivity contribution < 1.29 is 0 Å². The van der Waals surface area contributed by atoms with E-state index in [2.05, 4.69) is 52.0 Å². The van der Waals surface area contributed by atoms with E-state index in [0.29, 0.717) is 0 Å². The normalized spacial score (nSPS) is 15.9. The van der Waals surface area contributed by atoms with Crippen LogP contribution in [0.2, 0.25) is 0 Å². The summed E-state index contributed by atoms with van der Waals surface area (Å²) >= 11 is 3.53. The van der Waals surface area contributed by atoms with Gasteiger partial charge in [-0.2, -0.15) is 0 Å². The third-order valence-corrected chi connectivity index (χ3v) is 3.34. The lowest BCUT2D eigenvalue weighted by Crippen LogP contribution is -2.26. The van der Waals surface area contributed by atoms with E-state index in [1.807, 2.05) is 0 Å². The molecule has 1 aromatic rings. The largest absolute Gasteiger partial charge is 0.296 e. The van der Waals surface area contributed by atoms with E-state index in [9.17, 15) is 0 Å². The molecule has 0 saturated heterocycles. The molecular formula is C13H18BrN. The molecule has 1 nitrogen and oxygen atoms in total. The van der Waals surface area contributed by atoms with E-state index in [4.69, 9.17) is 0 Å². The zero-order chi connectivity index (χ0) is 10.7. The monoisotopic (exact) mass is 267 g/mol. The van der Waals surface area contributed by atoms with Gasteiger partial charge in [0.15, 0.2) is 0 Å². The van der Waals surface area contributed by atoms with Gasteiger partial charge < -0.3 is 0 Å². The first-order valence-corrected chi connectivity index (χ1v) is 6.57. The van der Waals surface area contributed by atoms with Gasteiger partial charge in [-0.1, -0.05) is 35.0 Å². The Labute approximate surface area is 101 Å². The van der Waals surface area contributed by atoms with Gasteiger partial charge >= 0.3 is 0 Å². The van der Waals surface area contributed by atoms with Crippen LogP contribution in [0.5, 0.6) is 0 Å². The van der Waals surface area contributed by atoms with Gasteiger partial charge in [0.05, 0.1) is 0 Å². The van der Waals surface area contributed by atoms with Crippen LogP contribution in [0.1, 0.15) is 31.7 Å². The third-order valence-electron chi connectivity index (χ3n) is 2.85. The Morgan fingerprint density at radius 1 is 1.40 bits per heavy atom. The second-order valence-electron chi connectivity index (χ2n) is 4.33. The molecule has 2 rings (SSSR count). The van der Waals surface area contributed by atoms with Crippen molar-refractivity contribution in [3.63, 3.8) is 0 Å². The molecule has 0 bridgehead atoms. The number of rotatable bonds is 5. The van der Waals surface area contributed by atoms with Crippen molar-refractivity contribution in [3.8, 4) is 0 Å². The molecule has 0 heterocycles. The SMILES string of the molecule is CCCN(Cc1cccc(Br)c1)C1CC1. The smallest absolute Gasteiger partial charge is 0.0237 e. The lowest BCUT2D eigenvalue weighted by molar-refractivity contribution is 0.255. The van der Waals surface area contributed by atoms with Crippen LogP contribution in [0.4, 0.5) is 0 Å². The summed E-state index contributed by atoms with van der Waals surface area (Å²) in [4.78, 5) is 2.61. The molecule has 2 heteroatoms. The van der Waals surface area contributed by atoms with Crippen LogP contribution in [-0.2, 0) is 6.54 Å². The van der Waals surface area contributed by atoms with Crippen molar-refractivity contribution >= 4 is 15.9 Å². The summed E-state index contributed by atoms with van der Waals surface area (Å²) < 4.78 is 1.19. The Bertz CT molecular complexity index is 320. The van der Waals surface area contributed by atoms with Gasteiger partial charge in [-0.15, -0.1) is 0 Å². The molecule has 0 unspecified atom stereocenters. The summed E-state index contributed by atoms with van der Waals surface area (Å²) in [6.45, 7) is 4.60. The second kappa shape index (κ2) is 5.13. The number of nitrogens with zero attached hydrogens (tertiary/aromatic N) is 1. The van der Waals surface area contributed by atoms with Crippen molar-refractivity contribution in [2.45, 2.75) is 38.8 Å². The zero-order valence-electron chi connectivity index (χ0n) is 9.25. The van der Waals surface area contributed by atoms with E-state index >= 15 is 0 Å². The molecule has 0 spiro atoms. The van der Waals surface area contributed by atoms with E-state index in [0.717, 1.165) is 12.6 Å². The molecule has 0 amide bonds. The minimum Gasteiger partial charge on any atom is -0.296 e. The standard InChI is InChI=1S/C13H18BrN/c1-2-8-15(13-6-7-13)10-11-4-3-5-12(14)9-11/h3-5,9,13H,2,6-8,10H2,1H3. The van der Waals surface area contributed by atoms with E-state index in [1.54, 1.807) is 0 Å². The van der Waals surface area contributed by atoms with Crippen LogP contribution in [0, 0.1) is 0 Å². The summed E-state index contributed by atoms with van der Waals surface area (Å²) in [5, 5.41) is 0. The third kappa shape index (κ3) is 3.32. The van der Waals surface area contributed by atoms with Crippen molar-refractivity contribution in [2.75, 3.05) is 6.54 Å². The molecule has 1 aliphatic carbocycles. The van der Waals surface area contributed by atoms with E-state index in [1.165, 1.54) is 35.8 Å². The highest BCUT2D eigenvalue weighted by Crippen LogP contribution is 2.28. The lowest BCUT2D eigenvalue weighted by Gasteiger charge is -2.21. The zero-order valence-corrected chi connectivity index (χ0v) is 10.8. The van der Waals surface area contributed by atoms with E-state index in [-0.39, 0.29) is 0 Å². The minimum atomic E-state index is 0.865. The fourth-order valence-corrected chi connectivity index (χ4v) is 2.43. The van der Waals surface area contributed by atoms with Crippen LogP contribution in [0.15, 0.2) is 28.7 Å². The van der Waals surface area contributed by atoms with Crippen molar-refractivity contribution in [1.82, 2.24) is 4.90 Å². The molecule has 1 aliphatic rings. The van der Waals surface area contributed by atoms with Gasteiger partial charge in [0.25, 0.3) is 0 Å². The Morgan fingerprint density at radius 3 is 2.80 bits per heavy atom. The molecule has 0 radical (unpaired) electrons. The summed E-state index contributed by atoms with van der Waals surface area (Å²) in [6.07, 6.45) is 4.05.